The van der Waals surface area contributed by atoms with Crippen molar-refractivity contribution in [3.63, 3.8) is 0 Å². The molecule has 5 N–H and O–H groups in total. The summed E-state index contributed by atoms with van der Waals surface area (Å²) >= 11 is 0. The molecule has 1 aromatic carbocycles. The van der Waals surface area contributed by atoms with Crippen LogP contribution < -0.4 is 21.5 Å². The van der Waals surface area contributed by atoms with E-state index in [1.54, 1.807) is 24.3 Å². The van der Waals surface area contributed by atoms with Gasteiger partial charge in [0.15, 0.2) is 0 Å². The molecule has 1 aromatic rings. The van der Waals surface area contributed by atoms with E-state index in [1.165, 1.54) is 0 Å². The maximum Gasteiger partial charge on any atom is 0.248 e. The Bertz CT molecular complexity index is 540. The van der Waals surface area contributed by atoms with Gasteiger partial charge in [-0.05, 0) is 49.9 Å². The molecule has 0 radical (unpaired) electrons. The first-order chi connectivity index (χ1) is 10.4. The van der Waals surface area contributed by atoms with Gasteiger partial charge in [-0.2, -0.15) is 0 Å². The van der Waals surface area contributed by atoms with Gasteiger partial charge >= 0.3 is 0 Å². The number of hydrogen-bond donors (Lipinski definition) is 3. The molecule has 1 saturated carbocycles. The summed E-state index contributed by atoms with van der Waals surface area (Å²) in [6, 6.07) is 6.50. The molecule has 6 nitrogen and oxygen atoms in total. The Hall–Kier alpha value is -2.08. The first-order valence-corrected chi connectivity index (χ1v) is 7.48. The summed E-state index contributed by atoms with van der Waals surface area (Å²) in [5.74, 6) is 0.547. The van der Waals surface area contributed by atoms with E-state index in [0.717, 1.165) is 12.8 Å². The minimum atomic E-state index is -0.480. The van der Waals surface area contributed by atoms with Crippen LogP contribution >= 0.6 is 0 Å². The molecule has 22 heavy (non-hydrogen) atoms. The van der Waals surface area contributed by atoms with Crippen molar-refractivity contribution < 1.29 is 14.3 Å². The van der Waals surface area contributed by atoms with Crippen molar-refractivity contribution in [2.45, 2.75) is 31.7 Å². The average molecular weight is 305 g/mol. The predicted molar refractivity (Wildman–Crippen MR) is 83.4 cm³/mol. The van der Waals surface area contributed by atoms with Crippen molar-refractivity contribution in [3.8, 4) is 5.75 Å². The number of benzene rings is 1. The molecule has 120 valence electrons. The highest BCUT2D eigenvalue weighted by Crippen LogP contribution is 2.38. The quantitative estimate of drug-likeness (QED) is 0.660. The van der Waals surface area contributed by atoms with Crippen molar-refractivity contribution in [1.82, 2.24) is 5.32 Å². The van der Waals surface area contributed by atoms with Gasteiger partial charge in [-0.1, -0.05) is 0 Å². The summed E-state index contributed by atoms with van der Waals surface area (Å²) in [5.41, 5.74) is 11.1. The Kier molecular flexibility index (Phi) is 5.03. The number of rotatable bonds is 8. The maximum atomic E-state index is 12.0. The molecule has 6 heteroatoms. The number of carbonyl (C=O) groups excluding carboxylic acids is 2. The molecule has 0 saturated heterocycles. The third-order valence-electron chi connectivity index (χ3n) is 4.06. The van der Waals surface area contributed by atoms with Gasteiger partial charge in [-0.25, -0.2) is 0 Å². The lowest BCUT2D eigenvalue weighted by molar-refractivity contribution is -0.123. The Morgan fingerprint density at radius 2 is 1.95 bits per heavy atom. The summed E-state index contributed by atoms with van der Waals surface area (Å²) < 4.78 is 5.49. The number of hydrogen-bond acceptors (Lipinski definition) is 4. The molecular weight excluding hydrogens is 282 g/mol. The van der Waals surface area contributed by atoms with Crippen LogP contribution in [0.3, 0.4) is 0 Å². The molecule has 1 aliphatic rings. The fourth-order valence-electron chi connectivity index (χ4n) is 2.40. The van der Waals surface area contributed by atoms with Crippen molar-refractivity contribution in [2.24, 2.45) is 17.4 Å². The Morgan fingerprint density at radius 1 is 1.32 bits per heavy atom. The molecule has 1 unspecified atom stereocenters. The number of nitrogens with two attached hydrogens (primary N) is 2. The minimum Gasteiger partial charge on any atom is -0.493 e. The molecule has 0 spiro atoms. The van der Waals surface area contributed by atoms with Gasteiger partial charge in [0.25, 0.3) is 0 Å². The second-order valence-corrected chi connectivity index (χ2v) is 5.93. The Morgan fingerprint density at radius 3 is 2.45 bits per heavy atom. The smallest absolute Gasteiger partial charge is 0.248 e. The monoisotopic (exact) mass is 305 g/mol. The van der Waals surface area contributed by atoms with Gasteiger partial charge < -0.3 is 21.5 Å². The van der Waals surface area contributed by atoms with Crippen LogP contribution in [-0.2, 0) is 4.79 Å². The molecule has 0 bridgehead atoms. The third kappa shape index (κ3) is 4.21. The van der Waals surface area contributed by atoms with Gasteiger partial charge in [0.1, 0.15) is 5.75 Å². The highest BCUT2D eigenvalue weighted by atomic mass is 16.5. The van der Waals surface area contributed by atoms with E-state index in [2.05, 4.69) is 5.32 Å². The van der Waals surface area contributed by atoms with Crippen molar-refractivity contribution >= 4 is 11.8 Å². The molecular formula is C16H23N3O3. The molecule has 1 atom stereocenters. The van der Waals surface area contributed by atoms with Crippen LogP contribution in [0, 0.1) is 5.92 Å². The summed E-state index contributed by atoms with van der Waals surface area (Å²) in [7, 11) is 0. The molecule has 0 heterocycles. The number of amides is 2. The molecule has 0 aliphatic heterocycles. The zero-order chi connectivity index (χ0) is 16.2. The van der Waals surface area contributed by atoms with E-state index < -0.39 is 5.91 Å². The Labute approximate surface area is 130 Å². The van der Waals surface area contributed by atoms with E-state index >= 15 is 0 Å². The average Bonchev–Trinajstić information content (AvgIpc) is 3.32. The van der Waals surface area contributed by atoms with E-state index in [9.17, 15) is 9.59 Å². The van der Waals surface area contributed by atoms with Crippen LogP contribution in [0.4, 0.5) is 0 Å². The topological polar surface area (TPSA) is 107 Å². The van der Waals surface area contributed by atoms with Crippen LogP contribution in [0.15, 0.2) is 24.3 Å². The second-order valence-electron chi connectivity index (χ2n) is 5.93. The van der Waals surface area contributed by atoms with Crippen LogP contribution in [-0.4, -0.2) is 30.5 Å². The zero-order valence-corrected chi connectivity index (χ0v) is 12.8. The van der Waals surface area contributed by atoms with E-state index in [0.29, 0.717) is 23.8 Å². The molecule has 2 amide bonds. The van der Waals surface area contributed by atoms with Crippen molar-refractivity contribution in [3.05, 3.63) is 29.8 Å². The number of carbonyl (C=O) groups is 2. The fourth-order valence-corrected chi connectivity index (χ4v) is 2.40. The molecule has 1 fully saturated rings. The fraction of sp³-hybridized carbons (Fsp3) is 0.500. The van der Waals surface area contributed by atoms with E-state index in [-0.39, 0.29) is 24.5 Å². The highest BCUT2D eigenvalue weighted by molar-refractivity contribution is 5.92. The van der Waals surface area contributed by atoms with E-state index in [4.69, 9.17) is 16.2 Å². The van der Waals surface area contributed by atoms with Crippen molar-refractivity contribution in [2.75, 3.05) is 13.2 Å². The lowest BCUT2D eigenvalue weighted by Crippen LogP contribution is -2.53. The maximum absolute atomic E-state index is 12.0. The normalized spacial score (nSPS) is 16.6. The summed E-state index contributed by atoms with van der Waals surface area (Å²) in [6.45, 7) is 2.71. The Balaban J connectivity index is 1.75. The summed E-state index contributed by atoms with van der Waals surface area (Å²) in [5, 5.41) is 3.01. The van der Waals surface area contributed by atoms with E-state index in [1.807, 2.05) is 6.92 Å². The van der Waals surface area contributed by atoms with Gasteiger partial charge in [-0.3, -0.25) is 9.59 Å². The van der Waals surface area contributed by atoms with Crippen LogP contribution in [0.1, 0.15) is 36.5 Å². The molecule has 2 rings (SSSR count). The minimum absolute atomic E-state index is 0.0615. The van der Waals surface area contributed by atoms with Crippen LogP contribution in [0.5, 0.6) is 5.75 Å². The molecule has 0 aromatic heterocycles. The van der Waals surface area contributed by atoms with Crippen LogP contribution in [0.25, 0.3) is 0 Å². The van der Waals surface area contributed by atoms with Gasteiger partial charge in [-0.15, -0.1) is 0 Å². The number of ether oxygens (including phenoxy) is 1. The third-order valence-corrected chi connectivity index (χ3v) is 4.06. The van der Waals surface area contributed by atoms with Crippen LogP contribution in [0.2, 0.25) is 0 Å². The second kappa shape index (κ2) is 6.79. The summed E-state index contributed by atoms with van der Waals surface area (Å²) in [6.07, 6.45) is 2.51. The SMILES string of the molecule is CC(CN)(NC(=O)CCOc1ccc(C(N)=O)cc1)C1CC1. The lowest BCUT2D eigenvalue weighted by atomic mass is 9.96. The summed E-state index contributed by atoms with van der Waals surface area (Å²) in [4.78, 5) is 22.9. The molecule has 1 aliphatic carbocycles. The van der Waals surface area contributed by atoms with Gasteiger partial charge in [0.05, 0.1) is 18.6 Å². The van der Waals surface area contributed by atoms with Crippen molar-refractivity contribution in [1.29, 1.82) is 0 Å². The number of nitrogens with one attached hydrogen (secondary N) is 1. The highest BCUT2D eigenvalue weighted by Gasteiger charge is 2.41. The lowest BCUT2D eigenvalue weighted by Gasteiger charge is -2.29. The largest absolute Gasteiger partial charge is 0.493 e. The van der Waals surface area contributed by atoms with Gasteiger partial charge in [0.2, 0.25) is 11.8 Å². The first-order valence-electron chi connectivity index (χ1n) is 7.48. The standard InChI is InChI=1S/C16H23N3O3/c1-16(10-17,12-4-5-12)19-14(20)8-9-22-13-6-2-11(3-7-13)15(18)21/h2-3,6-7,12H,4-5,8-10,17H2,1H3,(H2,18,21)(H,19,20). The first kappa shape index (κ1) is 16.3. The zero-order valence-electron chi connectivity index (χ0n) is 12.8. The number of primary amides is 1. The predicted octanol–water partition coefficient (Wildman–Crippen LogP) is 0.798. The van der Waals surface area contributed by atoms with Gasteiger partial charge in [0, 0.05) is 12.1 Å².